The topological polar surface area (TPSA) is 96.0 Å². The number of nitrogen functional groups attached to an aromatic ring is 1. The molecule has 0 unspecified atom stereocenters. The van der Waals surface area contributed by atoms with Gasteiger partial charge in [-0.3, -0.25) is 0 Å². The summed E-state index contributed by atoms with van der Waals surface area (Å²) in [5, 5.41) is 8.67. The van der Waals surface area contributed by atoms with Crippen LogP contribution in [0.5, 0.6) is 0 Å². The number of rotatable bonds is 4. The van der Waals surface area contributed by atoms with Crippen LogP contribution in [0, 0.1) is 17.2 Å². The van der Waals surface area contributed by atoms with E-state index in [0.717, 1.165) is 12.8 Å². The summed E-state index contributed by atoms with van der Waals surface area (Å²) in [6.07, 6.45) is 2.15. The monoisotopic (exact) mass is 251 g/mol. The SMILES string of the molecule is N#Cc1ccc(S(=O)(=O)NCC2CC2)c(N)c1. The van der Waals surface area contributed by atoms with Crippen LogP contribution in [0.1, 0.15) is 18.4 Å². The molecule has 1 aliphatic rings. The van der Waals surface area contributed by atoms with Crippen LogP contribution in [0.3, 0.4) is 0 Å². The van der Waals surface area contributed by atoms with Crippen LogP contribution in [-0.2, 0) is 10.0 Å². The molecule has 2 rings (SSSR count). The van der Waals surface area contributed by atoms with Crippen LogP contribution in [0.15, 0.2) is 23.1 Å². The Bertz CT molecular complexity index is 571. The highest BCUT2D eigenvalue weighted by molar-refractivity contribution is 7.89. The Balaban J connectivity index is 2.22. The van der Waals surface area contributed by atoms with Gasteiger partial charge in [0.1, 0.15) is 4.90 Å². The van der Waals surface area contributed by atoms with Crippen LogP contribution in [0.4, 0.5) is 5.69 Å². The number of sulfonamides is 1. The average Bonchev–Trinajstić information content (AvgIpc) is 3.09. The van der Waals surface area contributed by atoms with Crippen molar-refractivity contribution in [1.82, 2.24) is 4.72 Å². The predicted octanol–water partition coefficient (Wildman–Crippen LogP) is 0.829. The summed E-state index contributed by atoms with van der Waals surface area (Å²) in [6.45, 7) is 0.460. The first-order chi connectivity index (χ1) is 8.03. The Morgan fingerprint density at radius 2 is 2.18 bits per heavy atom. The van der Waals surface area contributed by atoms with E-state index in [0.29, 0.717) is 18.0 Å². The van der Waals surface area contributed by atoms with Gasteiger partial charge in [0, 0.05) is 6.54 Å². The van der Waals surface area contributed by atoms with Crippen LogP contribution in [-0.4, -0.2) is 15.0 Å². The average molecular weight is 251 g/mol. The smallest absolute Gasteiger partial charge is 0.242 e. The minimum atomic E-state index is -3.56. The third-order valence-electron chi connectivity index (χ3n) is 2.69. The molecule has 3 N–H and O–H groups in total. The van der Waals surface area contributed by atoms with Crippen LogP contribution >= 0.6 is 0 Å². The van der Waals surface area contributed by atoms with Crippen molar-refractivity contribution in [2.24, 2.45) is 5.92 Å². The molecular formula is C11H13N3O2S. The van der Waals surface area contributed by atoms with Crippen molar-refractivity contribution in [2.75, 3.05) is 12.3 Å². The highest BCUT2D eigenvalue weighted by Crippen LogP contribution is 2.28. The first kappa shape index (κ1) is 11.9. The molecule has 1 aromatic carbocycles. The van der Waals surface area contributed by atoms with Crippen LogP contribution < -0.4 is 10.5 Å². The lowest BCUT2D eigenvalue weighted by Crippen LogP contribution is -2.26. The molecule has 0 heterocycles. The van der Waals surface area contributed by atoms with Gasteiger partial charge in [-0.15, -0.1) is 0 Å². The molecule has 0 bridgehead atoms. The maximum atomic E-state index is 11.9. The number of hydrogen-bond acceptors (Lipinski definition) is 4. The molecule has 0 aromatic heterocycles. The zero-order valence-electron chi connectivity index (χ0n) is 9.18. The van der Waals surface area contributed by atoms with E-state index in [1.165, 1.54) is 18.2 Å². The number of anilines is 1. The van der Waals surface area contributed by atoms with E-state index in [1.807, 2.05) is 6.07 Å². The van der Waals surface area contributed by atoms with E-state index >= 15 is 0 Å². The van der Waals surface area contributed by atoms with Crippen molar-refractivity contribution in [3.8, 4) is 6.07 Å². The highest BCUT2D eigenvalue weighted by Gasteiger charge is 2.25. The predicted molar refractivity (Wildman–Crippen MR) is 63.5 cm³/mol. The number of nitrogens with two attached hydrogens (primary N) is 1. The molecule has 0 atom stereocenters. The summed E-state index contributed by atoms with van der Waals surface area (Å²) in [5.74, 6) is 0.462. The molecule has 1 aromatic rings. The van der Waals surface area contributed by atoms with Gasteiger partial charge >= 0.3 is 0 Å². The quantitative estimate of drug-likeness (QED) is 0.775. The van der Waals surface area contributed by atoms with Gasteiger partial charge in [0.05, 0.1) is 17.3 Å². The second-order valence-electron chi connectivity index (χ2n) is 4.16. The summed E-state index contributed by atoms with van der Waals surface area (Å²) in [7, 11) is -3.56. The summed E-state index contributed by atoms with van der Waals surface area (Å²) in [4.78, 5) is 0.0390. The molecule has 0 saturated heterocycles. The molecule has 5 nitrogen and oxygen atoms in total. The molecule has 1 fully saturated rings. The third-order valence-corrected chi connectivity index (χ3v) is 4.18. The molecule has 6 heteroatoms. The number of nitrogens with one attached hydrogen (secondary N) is 1. The maximum absolute atomic E-state index is 11.9. The van der Waals surface area contributed by atoms with Gasteiger partial charge < -0.3 is 5.73 Å². The zero-order valence-corrected chi connectivity index (χ0v) is 10.00. The van der Waals surface area contributed by atoms with Crippen LogP contribution in [0.25, 0.3) is 0 Å². The zero-order chi connectivity index (χ0) is 12.5. The summed E-state index contributed by atoms with van der Waals surface area (Å²) in [6, 6.07) is 6.09. The third kappa shape index (κ3) is 2.75. The van der Waals surface area contributed by atoms with Gasteiger partial charge in [0.25, 0.3) is 0 Å². The molecule has 1 saturated carbocycles. The fraction of sp³-hybridized carbons (Fsp3) is 0.364. The number of nitrogens with zero attached hydrogens (tertiary/aromatic N) is 1. The Morgan fingerprint density at radius 3 is 2.71 bits per heavy atom. The number of benzene rings is 1. The lowest BCUT2D eigenvalue weighted by atomic mass is 10.2. The Hall–Kier alpha value is -1.58. The van der Waals surface area contributed by atoms with Crippen LogP contribution in [0.2, 0.25) is 0 Å². The summed E-state index contributed by atoms with van der Waals surface area (Å²) >= 11 is 0. The summed E-state index contributed by atoms with van der Waals surface area (Å²) in [5.41, 5.74) is 6.09. The van der Waals surface area contributed by atoms with E-state index in [1.54, 1.807) is 0 Å². The van der Waals surface area contributed by atoms with Crippen molar-refractivity contribution in [1.29, 1.82) is 5.26 Å². The molecule has 17 heavy (non-hydrogen) atoms. The van der Waals surface area contributed by atoms with Crippen molar-refractivity contribution in [3.05, 3.63) is 23.8 Å². The van der Waals surface area contributed by atoms with Gasteiger partial charge in [0.15, 0.2) is 0 Å². The largest absolute Gasteiger partial charge is 0.398 e. The van der Waals surface area contributed by atoms with E-state index in [-0.39, 0.29) is 10.6 Å². The second-order valence-corrected chi connectivity index (χ2v) is 5.90. The van der Waals surface area contributed by atoms with Gasteiger partial charge in [-0.1, -0.05) is 0 Å². The summed E-state index contributed by atoms with van der Waals surface area (Å²) < 4.78 is 26.3. The van der Waals surface area contributed by atoms with E-state index in [2.05, 4.69) is 4.72 Å². The standard InChI is InChI=1S/C11H13N3O2S/c12-6-9-3-4-11(10(13)5-9)17(15,16)14-7-8-1-2-8/h3-5,8,14H,1-2,7,13H2. The molecule has 0 amide bonds. The first-order valence-corrected chi connectivity index (χ1v) is 6.80. The lowest BCUT2D eigenvalue weighted by molar-refractivity contribution is 0.578. The van der Waals surface area contributed by atoms with Crippen molar-refractivity contribution < 1.29 is 8.42 Å². The lowest BCUT2D eigenvalue weighted by Gasteiger charge is -2.08. The second kappa shape index (κ2) is 4.35. The number of hydrogen-bond donors (Lipinski definition) is 2. The Labute approximate surface area is 100 Å². The Kier molecular flexibility index (Phi) is 3.05. The van der Waals surface area contributed by atoms with Gasteiger partial charge in [-0.05, 0) is 37.0 Å². The fourth-order valence-electron chi connectivity index (χ4n) is 1.49. The minimum absolute atomic E-state index is 0.0390. The van der Waals surface area contributed by atoms with E-state index in [9.17, 15) is 8.42 Å². The minimum Gasteiger partial charge on any atom is -0.398 e. The van der Waals surface area contributed by atoms with Crippen molar-refractivity contribution in [2.45, 2.75) is 17.7 Å². The van der Waals surface area contributed by atoms with Gasteiger partial charge in [0.2, 0.25) is 10.0 Å². The Morgan fingerprint density at radius 1 is 1.47 bits per heavy atom. The van der Waals surface area contributed by atoms with Gasteiger partial charge in [-0.25, -0.2) is 13.1 Å². The highest BCUT2D eigenvalue weighted by atomic mass is 32.2. The van der Waals surface area contributed by atoms with E-state index < -0.39 is 10.0 Å². The number of nitriles is 1. The van der Waals surface area contributed by atoms with E-state index in [4.69, 9.17) is 11.0 Å². The molecule has 90 valence electrons. The molecular weight excluding hydrogens is 238 g/mol. The van der Waals surface area contributed by atoms with Gasteiger partial charge in [-0.2, -0.15) is 5.26 Å². The normalized spacial score (nSPS) is 15.5. The fourth-order valence-corrected chi connectivity index (χ4v) is 2.72. The molecule has 1 aliphatic carbocycles. The molecule has 0 spiro atoms. The first-order valence-electron chi connectivity index (χ1n) is 5.32. The molecule has 0 aliphatic heterocycles. The van der Waals surface area contributed by atoms with Crippen molar-refractivity contribution >= 4 is 15.7 Å². The maximum Gasteiger partial charge on any atom is 0.242 e. The molecule has 0 radical (unpaired) electrons. The van der Waals surface area contributed by atoms with Crippen molar-refractivity contribution in [3.63, 3.8) is 0 Å².